The van der Waals surface area contributed by atoms with Crippen LogP contribution in [0.1, 0.15) is 79.2 Å². The number of carboxylic acid groups (broad SMARTS) is 1. The molecule has 0 bridgehead atoms. The Morgan fingerprint density at radius 2 is 1.64 bits per heavy atom. The first-order valence-electron chi connectivity index (χ1n) is 18.0. The van der Waals surface area contributed by atoms with Gasteiger partial charge in [-0.25, -0.2) is 4.79 Å². The minimum absolute atomic E-state index is 0.0216. The number of aliphatic carboxylic acids is 1. The van der Waals surface area contributed by atoms with Crippen LogP contribution in [0.2, 0.25) is 0 Å². The van der Waals surface area contributed by atoms with E-state index in [1.165, 1.54) is 13.0 Å². The third-order valence-corrected chi connectivity index (χ3v) is 11.0. The Balaban J connectivity index is 1.80. The zero-order valence-electron chi connectivity index (χ0n) is 32.4. The van der Waals surface area contributed by atoms with Crippen LogP contribution in [0, 0.1) is 5.41 Å². The second-order valence-corrected chi connectivity index (χ2v) is 15.7. The number of carboxylic acids is 1. The monoisotopic (exact) mass is 782 g/mol. The van der Waals surface area contributed by atoms with Crippen LogP contribution >= 0.6 is 0 Å². The van der Waals surface area contributed by atoms with Crippen molar-refractivity contribution < 1.29 is 42.2 Å². The van der Waals surface area contributed by atoms with Gasteiger partial charge in [0.2, 0.25) is 23.7 Å². The molecule has 3 atom stereocenters. The molecule has 1 aromatic rings. The second-order valence-electron chi connectivity index (χ2n) is 14.1. The van der Waals surface area contributed by atoms with E-state index >= 15 is 0 Å². The molecule has 0 saturated carbocycles. The van der Waals surface area contributed by atoms with Gasteiger partial charge in [-0.1, -0.05) is 44.7 Å². The summed E-state index contributed by atoms with van der Waals surface area (Å²) in [5.74, 6) is -1.76. The Kier molecular flexibility index (Phi) is 15.4. The Morgan fingerprint density at radius 3 is 2.24 bits per heavy atom. The van der Waals surface area contributed by atoms with Crippen molar-refractivity contribution in [3.05, 3.63) is 88.3 Å². The maximum absolute atomic E-state index is 13.9. The predicted octanol–water partition coefficient (Wildman–Crippen LogP) is 3.62. The number of benzene rings is 1. The molecule has 1 aliphatic carbocycles. The summed E-state index contributed by atoms with van der Waals surface area (Å²) in [6.07, 6.45) is 4.30. The van der Waals surface area contributed by atoms with E-state index < -0.39 is 57.3 Å². The van der Waals surface area contributed by atoms with Gasteiger partial charge in [-0.05, 0) is 81.7 Å². The molecule has 55 heavy (non-hydrogen) atoms. The number of guanidine groups is 1. The van der Waals surface area contributed by atoms with Crippen LogP contribution in [0.4, 0.5) is 0 Å². The summed E-state index contributed by atoms with van der Waals surface area (Å²) < 4.78 is 43.0. The average Bonchev–Trinajstić information content (AvgIpc) is 3.09. The van der Waals surface area contributed by atoms with Gasteiger partial charge in [0.25, 0.3) is 10.0 Å². The van der Waals surface area contributed by atoms with Gasteiger partial charge in [-0.2, -0.15) is 8.42 Å². The fourth-order valence-electron chi connectivity index (χ4n) is 6.42. The lowest BCUT2D eigenvalue weighted by atomic mass is 9.74. The van der Waals surface area contributed by atoms with E-state index in [2.05, 4.69) is 38.8 Å². The van der Waals surface area contributed by atoms with Crippen LogP contribution in [0.25, 0.3) is 0 Å². The first kappa shape index (κ1) is 44.0. The van der Waals surface area contributed by atoms with E-state index in [0.29, 0.717) is 53.4 Å². The molecule has 15 nitrogen and oxygen atoms in total. The highest BCUT2D eigenvalue weighted by Gasteiger charge is 2.43. The topological polar surface area (TPSA) is 228 Å². The molecule has 3 amide bonds. The number of ether oxygens (including phenoxy) is 2. The van der Waals surface area contributed by atoms with Gasteiger partial charge in [-0.15, -0.1) is 11.0 Å². The van der Waals surface area contributed by atoms with Gasteiger partial charge < -0.3 is 41.6 Å². The van der Waals surface area contributed by atoms with Crippen molar-refractivity contribution in [2.24, 2.45) is 15.5 Å². The summed E-state index contributed by atoms with van der Waals surface area (Å²) >= 11 is 0. The van der Waals surface area contributed by atoms with E-state index in [9.17, 15) is 32.7 Å². The molecular weight excluding hydrogens is 729 g/mol. The number of hydrogen-bond acceptors (Lipinski definition) is 8. The zero-order chi connectivity index (χ0) is 41.1. The summed E-state index contributed by atoms with van der Waals surface area (Å²) in [6.45, 7) is 17.9. The standard InChI is InChI=1S/C39H54N6O9S/c1-9-12-31(37(49)50)44-35(47)30(43-36(48)32(42-26(6)46)22-27-14-16-28(17-15-27)53-21-10-2)13-11-20-41-38(40)45-55(51,52)34-33-23(3)24(4)54-25(5)29(33)18-19-39(34,7)8/h9-10,14-17,30-32H,1-2,11-13,18-22H2,3-8H3,(H,42,46)(H,43,48)(H,44,47)(H,49,50)(H3,40,41,45)/t30-,31+,32+/m1/s1. The molecule has 0 spiro atoms. The van der Waals surface area contributed by atoms with Crippen molar-refractivity contribution in [3.63, 3.8) is 0 Å². The number of amides is 3. The van der Waals surface area contributed by atoms with Crippen LogP contribution in [-0.4, -0.2) is 74.5 Å². The number of sulfonamides is 1. The summed E-state index contributed by atoms with van der Waals surface area (Å²) in [5.41, 5.74) is 8.20. The van der Waals surface area contributed by atoms with Crippen molar-refractivity contribution in [2.75, 3.05) is 13.2 Å². The molecule has 0 saturated heterocycles. The van der Waals surface area contributed by atoms with Gasteiger partial charge in [-0.3, -0.25) is 14.4 Å². The van der Waals surface area contributed by atoms with Gasteiger partial charge in [0, 0.05) is 30.9 Å². The molecule has 3 rings (SSSR count). The molecule has 0 radical (unpaired) electrons. The van der Waals surface area contributed by atoms with Crippen LogP contribution in [0.5, 0.6) is 5.75 Å². The highest BCUT2D eigenvalue weighted by atomic mass is 32.2. The fourth-order valence-corrected chi connectivity index (χ4v) is 8.17. The minimum atomic E-state index is -4.28. The molecule has 0 aromatic heterocycles. The molecule has 300 valence electrons. The molecular formula is C39H54N6O9S. The van der Waals surface area contributed by atoms with E-state index in [1.54, 1.807) is 37.3 Å². The lowest BCUT2D eigenvalue weighted by Crippen LogP contribution is -2.56. The summed E-state index contributed by atoms with van der Waals surface area (Å²) in [6, 6.07) is 3.26. The van der Waals surface area contributed by atoms with Crippen molar-refractivity contribution in [1.29, 1.82) is 0 Å². The molecule has 16 heteroatoms. The molecule has 1 heterocycles. The third-order valence-electron chi connectivity index (χ3n) is 9.30. The first-order chi connectivity index (χ1) is 25.8. The Hall–Kier alpha value is -5.38. The van der Waals surface area contributed by atoms with Crippen molar-refractivity contribution >= 4 is 39.7 Å². The third kappa shape index (κ3) is 12.1. The number of rotatable bonds is 19. The highest BCUT2D eigenvalue weighted by Crippen LogP contribution is 2.50. The quantitative estimate of drug-likeness (QED) is 0.0514. The smallest absolute Gasteiger partial charge is 0.326 e. The average molecular weight is 783 g/mol. The molecule has 1 aromatic carbocycles. The summed E-state index contributed by atoms with van der Waals surface area (Å²) in [4.78, 5) is 51.1. The number of hydrogen-bond donors (Lipinski definition) is 6. The second kappa shape index (κ2) is 19.3. The predicted molar refractivity (Wildman–Crippen MR) is 210 cm³/mol. The molecule has 0 fully saturated rings. The maximum Gasteiger partial charge on any atom is 0.326 e. The number of fused-ring (bicyclic) bond motifs is 1. The molecule has 2 aliphatic rings. The van der Waals surface area contributed by atoms with Crippen LogP contribution < -0.4 is 31.7 Å². The van der Waals surface area contributed by atoms with E-state index in [1.807, 2.05) is 27.7 Å². The Morgan fingerprint density at radius 1 is 1.00 bits per heavy atom. The fraction of sp³-hybridized carbons (Fsp3) is 0.462. The maximum atomic E-state index is 13.9. The van der Waals surface area contributed by atoms with E-state index in [0.717, 1.165) is 5.57 Å². The number of carbonyl (C=O) groups is 4. The SMILES string of the molecule is C=CCOc1ccc(C[C@H](NC(C)=O)C(=O)N[C@H](CCCNC(N)=NS(=O)(=O)C2=C3C(C)=C(C)OC(C)=C3CCC2(C)C)C(=O)N[C@@H](CC=C)C(=O)O)cc1. The molecule has 0 unspecified atom stereocenters. The number of nitrogens with two attached hydrogens (primary N) is 1. The molecule has 1 aliphatic heterocycles. The summed E-state index contributed by atoms with van der Waals surface area (Å²) in [5, 5.41) is 20.1. The first-order valence-corrected chi connectivity index (χ1v) is 19.4. The molecule has 7 N–H and O–H groups in total. The van der Waals surface area contributed by atoms with Crippen molar-refractivity contribution in [3.8, 4) is 5.75 Å². The lowest BCUT2D eigenvalue weighted by molar-refractivity contribution is -0.142. The Bertz CT molecular complexity index is 1900. The number of allylic oxidation sites excluding steroid dienone is 6. The number of nitrogens with zero attached hydrogens (tertiary/aromatic N) is 1. The highest BCUT2D eigenvalue weighted by molar-refractivity contribution is 7.94. The van der Waals surface area contributed by atoms with E-state index in [4.69, 9.17) is 15.2 Å². The lowest BCUT2D eigenvalue weighted by Gasteiger charge is -2.38. The van der Waals surface area contributed by atoms with E-state index in [-0.39, 0.29) is 43.1 Å². The van der Waals surface area contributed by atoms with Gasteiger partial charge in [0.05, 0.1) is 4.91 Å². The minimum Gasteiger partial charge on any atom is -0.490 e. The normalized spacial score (nSPS) is 17.2. The van der Waals surface area contributed by atoms with Crippen molar-refractivity contribution in [1.82, 2.24) is 21.3 Å². The van der Waals surface area contributed by atoms with Crippen LogP contribution in [0.15, 0.2) is 87.1 Å². The summed E-state index contributed by atoms with van der Waals surface area (Å²) in [7, 11) is -4.28. The van der Waals surface area contributed by atoms with Gasteiger partial charge >= 0.3 is 5.97 Å². The van der Waals surface area contributed by atoms with Crippen molar-refractivity contribution in [2.45, 2.75) is 98.2 Å². The van der Waals surface area contributed by atoms with Gasteiger partial charge in [0.1, 0.15) is 42.0 Å². The zero-order valence-corrected chi connectivity index (χ0v) is 33.2. The largest absolute Gasteiger partial charge is 0.490 e. The van der Waals surface area contributed by atoms with Crippen LogP contribution in [0.3, 0.4) is 0 Å². The Labute approximate surface area is 323 Å². The van der Waals surface area contributed by atoms with Crippen LogP contribution in [-0.2, 0) is 40.4 Å². The number of nitrogens with one attached hydrogen (secondary N) is 4. The number of carbonyl (C=O) groups excluding carboxylic acids is 3. The van der Waals surface area contributed by atoms with Gasteiger partial charge in [0.15, 0.2) is 0 Å².